The zero-order valence-corrected chi connectivity index (χ0v) is 10.5. The smallest absolute Gasteiger partial charge is 0.257 e. The maximum atomic E-state index is 12.3. The number of hydrogen-bond donors (Lipinski definition) is 0. The molecule has 2 rings (SSSR count). The molecule has 3 heteroatoms. The molecule has 0 N–H and O–H groups in total. The minimum atomic E-state index is 0.0226. The van der Waals surface area contributed by atoms with Crippen molar-refractivity contribution in [3.63, 3.8) is 0 Å². The molecule has 3 nitrogen and oxygen atoms in total. The molecule has 0 atom stereocenters. The van der Waals surface area contributed by atoms with Gasteiger partial charge >= 0.3 is 0 Å². The number of benzene rings is 1. The van der Waals surface area contributed by atoms with Crippen molar-refractivity contribution in [3.05, 3.63) is 60.1 Å². The van der Waals surface area contributed by atoms with E-state index < -0.39 is 0 Å². The first kappa shape index (κ1) is 12.4. The highest BCUT2D eigenvalue weighted by Gasteiger charge is 2.16. The van der Waals surface area contributed by atoms with Crippen molar-refractivity contribution in [1.29, 1.82) is 0 Å². The van der Waals surface area contributed by atoms with Crippen LogP contribution in [-0.4, -0.2) is 17.4 Å². The molecule has 1 aromatic heterocycles. The Hall–Kier alpha value is -2.03. The fraction of sp³-hybridized carbons (Fsp3) is 0.267. The van der Waals surface area contributed by atoms with E-state index in [1.165, 1.54) is 12.5 Å². The second kappa shape index (κ2) is 6.05. The van der Waals surface area contributed by atoms with Gasteiger partial charge in [0.25, 0.3) is 5.91 Å². The molecule has 0 unspecified atom stereocenters. The van der Waals surface area contributed by atoms with Gasteiger partial charge in [0, 0.05) is 13.1 Å². The molecule has 2 aromatic rings. The number of nitrogens with zero attached hydrogens (tertiary/aromatic N) is 1. The molecule has 0 saturated heterocycles. The Bertz CT molecular complexity index is 476. The topological polar surface area (TPSA) is 33.5 Å². The summed E-state index contributed by atoms with van der Waals surface area (Å²) < 4.78 is 4.97. The lowest BCUT2D eigenvalue weighted by molar-refractivity contribution is 0.0742. The van der Waals surface area contributed by atoms with Gasteiger partial charge in [-0.1, -0.05) is 37.3 Å². The quantitative estimate of drug-likeness (QED) is 0.807. The van der Waals surface area contributed by atoms with Gasteiger partial charge in [-0.15, -0.1) is 0 Å². The third-order valence-electron chi connectivity index (χ3n) is 2.77. The molecule has 94 valence electrons. The lowest BCUT2D eigenvalue weighted by Gasteiger charge is -2.21. The molecule has 0 aliphatic carbocycles. The van der Waals surface area contributed by atoms with Crippen LogP contribution in [0.25, 0.3) is 0 Å². The standard InChI is InChI=1S/C15H17NO2/c1-2-9-16(11-13-6-4-3-5-7-13)15(17)14-8-10-18-12-14/h3-8,10,12H,2,9,11H2,1H3. The highest BCUT2D eigenvalue weighted by Crippen LogP contribution is 2.11. The van der Waals surface area contributed by atoms with Crippen LogP contribution in [0.5, 0.6) is 0 Å². The molecule has 0 saturated carbocycles. The Labute approximate surface area is 107 Å². The molecular weight excluding hydrogens is 226 g/mol. The molecular formula is C15H17NO2. The van der Waals surface area contributed by atoms with Gasteiger partial charge in [-0.25, -0.2) is 0 Å². The van der Waals surface area contributed by atoms with Gasteiger partial charge in [0.1, 0.15) is 6.26 Å². The highest BCUT2D eigenvalue weighted by atomic mass is 16.3. The second-order valence-electron chi connectivity index (χ2n) is 4.22. The summed E-state index contributed by atoms with van der Waals surface area (Å²) in [5.74, 6) is 0.0226. The van der Waals surface area contributed by atoms with Crippen LogP contribution in [0.2, 0.25) is 0 Å². The molecule has 1 heterocycles. The van der Waals surface area contributed by atoms with Crippen molar-refractivity contribution in [3.8, 4) is 0 Å². The number of amides is 1. The Kier molecular flexibility index (Phi) is 4.18. The lowest BCUT2D eigenvalue weighted by Crippen LogP contribution is -2.31. The van der Waals surface area contributed by atoms with Crippen LogP contribution in [0.3, 0.4) is 0 Å². The average molecular weight is 243 g/mol. The molecule has 0 aliphatic heterocycles. The fourth-order valence-corrected chi connectivity index (χ4v) is 1.89. The van der Waals surface area contributed by atoms with E-state index >= 15 is 0 Å². The third-order valence-corrected chi connectivity index (χ3v) is 2.77. The maximum absolute atomic E-state index is 12.3. The molecule has 1 amide bonds. The zero-order valence-electron chi connectivity index (χ0n) is 10.5. The van der Waals surface area contributed by atoms with Crippen molar-refractivity contribution < 1.29 is 9.21 Å². The summed E-state index contributed by atoms with van der Waals surface area (Å²) in [6.07, 6.45) is 3.96. The van der Waals surface area contributed by atoms with Crippen molar-refractivity contribution in [2.24, 2.45) is 0 Å². The van der Waals surface area contributed by atoms with E-state index in [0.29, 0.717) is 12.1 Å². The zero-order chi connectivity index (χ0) is 12.8. The monoisotopic (exact) mass is 243 g/mol. The Morgan fingerprint density at radius 1 is 1.22 bits per heavy atom. The van der Waals surface area contributed by atoms with Gasteiger partial charge < -0.3 is 9.32 Å². The minimum Gasteiger partial charge on any atom is -0.472 e. The molecule has 0 radical (unpaired) electrons. The van der Waals surface area contributed by atoms with Crippen molar-refractivity contribution in [2.45, 2.75) is 19.9 Å². The summed E-state index contributed by atoms with van der Waals surface area (Å²) in [7, 11) is 0. The fourth-order valence-electron chi connectivity index (χ4n) is 1.89. The van der Waals surface area contributed by atoms with Gasteiger partial charge in [0.05, 0.1) is 11.8 Å². The SMILES string of the molecule is CCCN(Cc1ccccc1)C(=O)c1ccoc1. The summed E-state index contributed by atoms with van der Waals surface area (Å²) in [5, 5.41) is 0. The minimum absolute atomic E-state index is 0.0226. The van der Waals surface area contributed by atoms with E-state index in [1.54, 1.807) is 6.07 Å². The van der Waals surface area contributed by atoms with Crippen LogP contribution < -0.4 is 0 Å². The van der Waals surface area contributed by atoms with Gasteiger partial charge in [0.2, 0.25) is 0 Å². The molecule has 0 bridgehead atoms. The average Bonchev–Trinajstić information content (AvgIpc) is 2.92. The Morgan fingerprint density at radius 2 is 2.00 bits per heavy atom. The number of hydrogen-bond acceptors (Lipinski definition) is 2. The maximum Gasteiger partial charge on any atom is 0.257 e. The van der Waals surface area contributed by atoms with Crippen LogP contribution in [0.4, 0.5) is 0 Å². The van der Waals surface area contributed by atoms with Gasteiger partial charge in [-0.2, -0.15) is 0 Å². The van der Waals surface area contributed by atoms with E-state index in [9.17, 15) is 4.79 Å². The van der Waals surface area contributed by atoms with E-state index in [-0.39, 0.29) is 5.91 Å². The molecule has 0 spiro atoms. The third kappa shape index (κ3) is 3.00. The Morgan fingerprint density at radius 3 is 2.61 bits per heavy atom. The summed E-state index contributed by atoms with van der Waals surface area (Å²) in [4.78, 5) is 14.1. The van der Waals surface area contributed by atoms with Crippen molar-refractivity contribution in [2.75, 3.05) is 6.54 Å². The van der Waals surface area contributed by atoms with Crippen LogP contribution >= 0.6 is 0 Å². The number of carbonyl (C=O) groups excluding carboxylic acids is 1. The Balaban J connectivity index is 2.11. The van der Waals surface area contributed by atoms with E-state index in [1.807, 2.05) is 35.2 Å². The molecule has 18 heavy (non-hydrogen) atoms. The normalized spacial score (nSPS) is 10.3. The first-order valence-electron chi connectivity index (χ1n) is 6.16. The molecule has 1 aromatic carbocycles. The number of furan rings is 1. The molecule has 0 aliphatic rings. The van der Waals surface area contributed by atoms with E-state index in [2.05, 4.69) is 6.92 Å². The van der Waals surface area contributed by atoms with Gasteiger partial charge in [0.15, 0.2) is 0 Å². The van der Waals surface area contributed by atoms with Crippen LogP contribution in [0, 0.1) is 0 Å². The predicted molar refractivity (Wildman–Crippen MR) is 70.2 cm³/mol. The van der Waals surface area contributed by atoms with Crippen molar-refractivity contribution >= 4 is 5.91 Å². The van der Waals surface area contributed by atoms with Crippen LogP contribution in [0.1, 0.15) is 29.3 Å². The first-order chi connectivity index (χ1) is 8.81. The van der Waals surface area contributed by atoms with Crippen LogP contribution in [-0.2, 0) is 6.54 Å². The van der Waals surface area contributed by atoms with Crippen molar-refractivity contribution in [1.82, 2.24) is 4.90 Å². The first-order valence-corrected chi connectivity index (χ1v) is 6.16. The van der Waals surface area contributed by atoms with E-state index in [0.717, 1.165) is 18.5 Å². The summed E-state index contributed by atoms with van der Waals surface area (Å²) in [5.41, 5.74) is 1.75. The number of carbonyl (C=O) groups is 1. The highest BCUT2D eigenvalue weighted by molar-refractivity contribution is 5.93. The lowest BCUT2D eigenvalue weighted by atomic mass is 10.2. The summed E-state index contributed by atoms with van der Waals surface area (Å²) in [6, 6.07) is 11.7. The summed E-state index contributed by atoms with van der Waals surface area (Å²) in [6.45, 7) is 3.46. The van der Waals surface area contributed by atoms with E-state index in [4.69, 9.17) is 4.42 Å². The largest absolute Gasteiger partial charge is 0.472 e. The van der Waals surface area contributed by atoms with Gasteiger partial charge in [-0.3, -0.25) is 4.79 Å². The summed E-state index contributed by atoms with van der Waals surface area (Å²) >= 11 is 0. The molecule has 0 fully saturated rings. The second-order valence-corrected chi connectivity index (χ2v) is 4.22. The number of rotatable bonds is 5. The van der Waals surface area contributed by atoms with Gasteiger partial charge in [-0.05, 0) is 18.1 Å². The van der Waals surface area contributed by atoms with Crippen LogP contribution in [0.15, 0.2) is 53.3 Å². The predicted octanol–water partition coefficient (Wildman–Crippen LogP) is 3.33.